The largest absolute Gasteiger partial charge is 0.356 e. The van der Waals surface area contributed by atoms with Gasteiger partial charge in [0.1, 0.15) is 0 Å². The number of carbonyl (C=O) groups excluding carboxylic acids is 2. The van der Waals surface area contributed by atoms with Crippen molar-refractivity contribution in [2.75, 3.05) is 13.1 Å². The van der Waals surface area contributed by atoms with Crippen molar-refractivity contribution in [3.63, 3.8) is 0 Å². The van der Waals surface area contributed by atoms with Gasteiger partial charge in [0.25, 0.3) is 5.91 Å². The lowest BCUT2D eigenvalue weighted by Gasteiger charge is -2.42. The van der Waals surface area contributed by atoms with Crippen LogP contribution in [0.4, 0.5) is 0 Å². The number of nitrogens with zero attached hydrogens (tertiary/aromatic N) is 1. The van der Waals surface area contributed by atoms with Crippen molar-refractivity contribution >= 4 is 23.2 Å². The molecule has 2 amide bonds. The van der Waals surface area contributed by atoms with E-state index < -0.39 is 0 Å². The molecule has 5 heteroatoms. The number of nitrogens with one attached hydrogen (secondary N) is 1. The fraction of sp³-hybridized carbons (Fsp3) is 0.400. The minimum absolute atomic E-state index is 0.0169. The van der Waals surface area contributed by atoms with E-state index in [0.29, 0.717) is 24.6 Å². The fourth-order valence-electron chi connectivity index (χ4n) is 3.53. The summed E-state index contributed by atoms with van der Waals surface area (Å²) in [6.45, 7) is 7.32. The number of carbonyl (C=O) groups is 2. The molecule has 1 aliphatic heterocycles. The zero-order valence-electron chi connectivity index (χ0n) is 14.9. The summed E-state index contributed by atoms with van der Waals surface area (Å²) >= 11 is 1.60. The van der Waals surface area contributed by atoms with Crippen molar-refractivity contribution in [2.45, 2.75) is 32.7 Å². The summed E-state index contributed by atoms with van der Waals surface area (Å²) in [6.07, 6.45) is 0. The van der Waals surface area contributed by atoms with Crippen LogP contribution in [0.3, 0.4) is 0 Å². The Kier molecular flexibility index (Phi) is 5.23. The highest BCUT2D eigenvalue weighted by Gasteiger charge is 2.44. The molecule has 1 aromatic heterocycles. The van der Waals surface area contributed by atoms with Gasteiger partial charge in [-0.25, -0.2) is 0 Å². The quantitative estimate of drug-likeness (QED) is 0.885. The van der Waals surface area contributed by atoms with Gasteiger partial charge in [0.05, 0.1) is 12.0 Å². The van der Waals surface area contributed by atoms with Crippen molar-refractivity contribution in [1.29, 1.82) is 0 Å². The molecular formula is C20H24N2O2S. The third-order valence-corrected chi connectivity index (χ3v) is 5.41. The van der Waals surface area contributed by atoms with Gasteiger partial charge < -0.3 is 10.2 Å². The molecule has 0 unspecified atom stereocenters. The van der Waals surface area contributed by atoms with E-state index in [-0.39, 0.29) is 23.8 Å². The maximum absolute atomic E-state index is 13.2. The lowest BCUT2D eigenvalue weighted by atomic mass is 9.81. The first-order valence-electron chi connectivity index (χ1n) is 8.75. The topological polar surface area (TPSA) is 49.4 Å². The maximum atomic E-state index is 13.2. The number of rotatable bonds is 5. The van der Waals surface area contributed by atoms with Crippen LogP contribution >= 0.6 is 11.3 Å². The Morgan fingerprint density at radius 2 is 2.00 bits per heavy atom. The molecule has 132 valence electrons. The Balaban J connectivity index is 2.17. The third-order valence-electron chi connectivity index (χ3n) is 4.47. The second kappa shape index (κ2) is 7.40. The average molecular weight is 356 g/mol. The van der Waals surface area contributed by atoms with E-state index in [0.717, 1.165) is 10.4 Å². The number of thiophene rings is 1. The SMILES string of the molecule is CCNC(=O)[C@@H]1c2ccccc2C(=O)N(CC(C)C)[C@@H]1c1cccs1. The van der Waals surface area contributed by atoms with Crippen molar-refractivity contribution < 1.29 is 9.59 Å². The Morgan fingerprint density at radius 1 is 1.24 bits per heavy atom. The van der Waals surface area contributed by atoms with Crippen LogP contribution in [0.25, 0.3) is 0 Å². The van der Waals surface area contributed by atoms with Crippen molar-refractivity contribution in [3.8, 4) is 0 Å². The van der Waals surface area contributed by atoms with E-state index in [1.165, 1.54) is 0 Å². The predicted molar refractivity (Wildman–Crippen MR) is 101 cm³/mol. The summed E-state index contributed by atoms with van der Waals surface area (Å²) < 4.78 is 0. The number of hydrogen-bond acceptors (Lipinski definition) is 3. The van der Waals surface area contributed by atoms with Gasteiger partial charge in [-0.15, -0.1) is 11.3 Å². The molecule has 1 aliphatic rings. The first-order valence-corrected chi connectivity index (χ1v) is 9.63. The summed E-state index contributed by atoms with van der Waals surface area (Å²) in [6, 6.07) is 11.3. The van der Waals surface area contributed by atoms with Gasteiger partial charge in [-0.2, -0.15) is 0 Å². The van der Waals surface area contributed by atoms with Gasteiger partial charge >= 0.3 is 0 Å². The van der Waals surface area contributed by atoms with Crippen LogP contribution < -0.4 is 5.32 Å². The lowest BCUT2D eigenvalue weighted by molar-refractivity contribution is -0.124. The lowest BCUT2D eigenvalue weighted by Crippen LogP contribution is -2.48. The molecule has 0 spiro atoms. The zero-order chi connectivity index (χ0) is 18.0. The summed E-state index contributed by atoms with van der Waals surface area (Å²) in [5.41, 5.74) is 1.48. The van der Waals surface area contributed by atoms with Crippen molar-refractivity contribution in [3.05, 3.63) is 57.8 Å². The molecule has 4 nitrogen and oxygen atoms in total. The Labute approximate surface area is 152 Å². The zero-order valence-corrected chi connectivity index (χ0v) is 15.7. The third kappa shape index (κ3) is 3.33. The average Bonchev–Trinajstić information content (AvgIpc) is 3.11. The highest BCUT2D eigenvalue weighted by molar-refractivity contribution is 7.10. The molecular weight excluding hydrogens is 332 g/mol. The standard InChI is InChI=1S/C20H24N2O2S/c1-4-21-19(23)17-14-8-5-6-9-15(14)20(24)22(12-13(2)3)18(17)16-10-7-11-25-16/h5-11,13,17-18H,4,12H2,1-3H3,(H,21,23)/t17-,18-/m1/s1. The summed E-state index contributed by atoms with van der Waals surface area (Å²) in [7, 11) is 0. The molecule has 1 aromatic carbocycles. The van der Waals surface area contributed by atoms with Crippen LogP contribution in [0.5, 0.6) is 0 Å². The number of likely N-dealkylation sites (N-methyl/N-ethyl adjacent to an activating group) is 1. The highest BCUT2D eigenvalue weighted by Crippen LogP contribution is 2.44. The van der Waals surface area contributed by atoms with Crippen LogP contribution in [0.1, 0.15) is 53.5 Å². The van der Waals surface area contributed by atoms with E-state index in [1.54, 1.807) is 11.3 Å². The molecule has 0 fully saturated rings. The first kappa shape index (κ1) is 17.7. The first-order chi connectivity index (χ1) is 12.0. The Morgan fingerprint density at radius 3 is 2.64 bits per heavy atom. The predicted octanol–water partition coefficient (Wildman–Crippen LogP) is 3.82. The fourth-order valence-corrected chi connectivity index (χ4v) is 4.40. The summed E-state index contributed by atoms with van der Waals surface area (Å²) in [5, 5.41) is 4.97. The molecule has 0 bridgehead atoms. The molecule has 0 saturated carbocycles. The van der Waals surface area contributed by atoms with E-state index in [2.05, 4.69) is 19.2 Å². The second-order valence-electron chi connectivity index (χ2n) is 6.77. The maximum Gasteiger partial charge on any atom is 0.254 e. The van der Waals surface area contributed by atoms with Crippen LogP contribution in [0.15, 0.2) is 41.8 Å². The minimum Gasteiger partial charge on any atom is -0.356 e. The van der Waals surface area contributed by atoms with Crippen LogP contribution in [-0.2, 0) is 4.79 Å². The number of hydrogen-bond donors (Lipinski definition) is 1. The molecule has 1 N–H and O–H groups in total. The number of benzene rings is 1. The monoisotopic (exact) mass is 356 g/mol. The van der Waals surface area contributed by atoms with Crippen LogP contribution in [-0.4, -0.2) is 29.8 Å². The smallest absolute Gasteiger partial charge is 0.254 e. The van der Waals surface area contributed by atoms with Gasteiger partial charge in [0, 0.05) is 23.5 Å². The highest BCUT2D eigenvalue weighted by atomic mass is 32.1. The molecule has 2 aromatic rings. The van der Waals surface area contributed by atoms with Crippen molar-refractivity contribution in [2.24, 2.45) is 5.92 Å². The molecule has 2 heterocycles. The number of amides is 2. The Bertz CT molecular complexity index is 755. The molecule has 25 heavy (non-hydrogen) atoms. The van der Waals surface area contributed by atoms with E-state index in [9.17, 15) is 9.59 Å². The molecule has 2 atom stereocenters. The van der Waals surface area contributed by atoms with Crippen molar-refractivity contribution in [1.82, 2.24) is 10.2 Å². The van der Waals surface area contributed by atoms with E-state index in [1.807, 2.05) is 53.6 Å². The molecule has 3 rings (SSSR count). The van der Waals surface area contributed by atoms with Gasteiger partial charge in [0.2, 0.25) is 5.91 Å². The normalized spacial score (nSPS) is 19.8. The minimum atomic E-state index is -0.383. The van der Waals surface area contributed by atoms with E-state index >= 15 is 0 Å². The second-order valence-corrected chi connectivity index (χ2v) is 7.75. The Hall–Kier alpha value is -2.14. The summed E-state index contributed by atoms with van der Waals surface area (Å²) in [4.78, 5) is 29.1. The molecule has 0 radical (unpaired) electrons. The van der Waals surface area contributed by atoms with Crippen LogP contribution in [0.2, 0.25) is 0 Å². The van der Waals surface area contributed by atoms with E-state index in [4.69, 9.17) is 0 Å². The number of fused-ring (bicyclic) bond motifs is 1. The summed E-state index contributed by atoms with van der Waals surface area (Å²) in [5.74, 6) is -0.0596. The van der Waals surface area contributed by atoms with Gasteiger partial charge in [-0.1, -0.05) is 38.1 Å². The van der Waals surface area contributed by atoms with Gasteiger partial charge in [0.15, 0.2) is 0 Å². The van der Waals surface area contributed by atoms with Gasteiger partial charge in [-0.05, 0) is 35.9 Å². The van der Waals surface area contributed by atoms with Crippen LogP contribution in [0, 0.1) is 5.92 Å². The molecule has 0 saturated heterocycles. The van der Waals surface area contributed by atoms with Gasteiger partial charge in [-0.3, -0.25) is 9.59 Å². The molecule has 0 aliphatic carbocycles.